The molecular formula is C9H13N3. The summed E-state index contributed by atoms with van der Waals surface area (Å²) in [4.78, 5) is 11.1. The van der Waals surface area contributed by atoms with Crippen LogP contribution in [0.3, 0.4) is 0 Å². The van der Waals surface area contributed by atoms with E-state index >= 15 is 0 Å². The summed E-state index contributed by atoms with van der Waals surface area (Å²) in [6.45, 7) is 5.14. The molecule has 0 amide bonds. The molecule has 2 aliphatic heterocycles. The molecule has 12 heavy (non-hydrogen) atoms. The molecule has 0 aliphatic carbocycles. The molecule has 1 unspecified atom stereocenters. The predicted molar refractivity (Wildman–Crippen MR) is 50.7 cm³/mol. The van der Waals surface area contributed by atoms with Crippen molar-refractivity contribution in [2.45, 2.75) is 26.1 Å². The molecule has 2 aliphatic rings. The fraction of sp³-hybridized carbons (Fsp3) is 0.556. The molecule has 0 saturated heterocycles. The van der Waals surface area contributed by atoms with E-state index < -0.39 is 0 Å². The summed E-state index contributed by atoms with van der Waals surface area (Å²) in [7, 11) is 0. The lowest BCUT2D eigenvalue weighted by Gasteiger charge is -2.25. The molecule has 0 radical (unpaired) electrons. The highest BCUT2D eigenvalue weighted by Gasteiger charge is 2.29. The molecule has 64 valence electrons. The van der Waals surface area contributed by atoms with Crippen LogP contribution in [-0.2, 0) is 0 Å². The van der Waals surface area contributed by atoms with E-state index in [4.69, 9.17) is 0 Å². The van der Waals surface area contributed by atoms with Gasteiger partial charge in [-0.05, 0) is 26.0 Å². The number of hydrogen-bond acceptors (Lipinski definition) is 3. The summed E-state index contributed by atoms with van der Waals surface area (Å²) in [5, 5.41) is 0. The van der Waals surface area contributed by atoms with Crippen LogP contribution in [0.1, 0.15) is 13.8 Å². The average molecular weight is 163 g/mol. The molecule has 0 aromatic rings. The number of fused-ring (bicyclic) bond motifs is 1. The zero-order valence-electron chi connectivity index (χ0n) is 7.44. The van der Waals surface area contributed by atoms with Crippen molar-refractivity contribution in [2.75, 3.05) is 6.67 Å². The molecule has 0 N–H and O–H groups in total. The molecular weight excluding hydrogens is 150 g/mol. The van der Waals surface area contributed by atoms with Crippen LogP contribution in [0.4, 0.5) is 0 Å². The van der Waals surface area contributed by atoms with Gasteiger partial charge < -0.3 is 0 Å². The maximum absolute atomic E-state index is 4.40. The molecule has 0 saturated carbocycles. The third-order valence-electron chi connectivity index (χ3n) is 2.24. The van der Waals surface area contributed by atoms with Gasteiger partial charge in [-0.15, -0.1) is 0 Å². The Morgan fingerprint density at radius 3 is 3.17 bits per heavy atom. The number of aliphatic imine (C=N–C) groups is 2. The molecule has 1 atom stereocenters. The first kappa shape index (κ1) is 7.68. The van der Waals surface area contributed by atoms with Gasteiger partial charge in [0.25, 0.3) is 0 Å². The van der Waals surface area contributed by atoms with Gasteiger partial charge in [-0.3, -0.25) is 14.9 Å². The maximum atomic E-state index is 4.40. The molecule has 3 nitrogen and oxygen atoms in total. The minimum absolute atomic E-state index is 0.190. The van der Waals surface area contributed by atoms with Crippen molar-refractivity contribution < 1.29 is 0 Å². The Hall–Kier alpha value is -0.960. The Kier molecular flexibility index (Phi) is 1.81. The second-order valence-electron chi connectivity index (χ2n) is 3.36. The van der Waals surface area contributed by atoms with Gasteiger partial charge in [-0.25, -0.2) is 0 Å². The first-order chi connectivity index (χ1) is 5.79. The Bertz CT molecular complexity index is 263. The van der Waals surface area contributed by atoms with Gasteiger partial charge in [0.15, 0.2) is 0 Å². The highest BCUT2D eigenvalue weighted by Crippen LogP contribution is 2.17. The topological polar surface area (TPSA) is 28.0 Å². The van der Waals surface area contributed by atoms with Crippen LogP contribution in [-0.4, -0.2) is 35.7 Å². The molecule has 0 bridgehead atoms. The van der Waals surface area contributed by atoms with Crippen LogP contribution in [0, 0.1) is 0 Å². The van der Waals surface area contributed by atoms with Crippen LogP contribution >= 0.6 is 0 Å². The SMILES string of the molecule is CC(C)N1CN=C2C=CC=NC21. The Labute approximate surface area is 72.5 Å². The van der Waals surface area contributed by atoms with Gasteiger partial charge in [0, 0.05) is 12.3 Å². The summed E-state index contributed by atoms with van der Waals surface area (Å²) in [5.74, 6) is 0. The van der Waals surface area contributed by atoms with Gasteiger partial charge in [-0.1, -0.05) is 0 Å². The van der Waals surface area contributed by atoms with E-state index in [-0.39, 0.29) is 6.17 Å². The molecule has 0 aromatic carbocycles. The molecule has 0 spiro atoms. The van der Waals surface area contributed by atoms with E-state index in [0.717, 1.165) is 12.4 Å². The number of allylic oxidation sites excluding steroid dienone is 1. The van der Waals surface area contributed by atoms with Crippen molar-refractivity contribution in [2.24, 2.45) is 9.98 Å². The smallest absolute Gasteiger partial charge is 0.146 e. The lowest BCUT2D eigenvalue weighted by atomic mass is 10.2. The van der Waals surface area contributed by atoms with Gasteiger partial charge >= 0.3 is 0 Å². The Balaban J connectivity index is 2.19. The van der Waals surface area contributed by atoms with Gasteiger partial charge in [0.1, 0.15) is 6.17 Å². The molecule has 0 fully saturated rings. The van der Waals surface area contributed by atoms with Crippen molar-refractivity contribution in [1.29, 1.82) is 0 Å². The standard InChI is InChI=1S/C9H13N3/c1-7(2)12-6-11-8-4-3-5-10-9(8)12/h3-5,7,9H,6H2,1-2H3. The lowest BCUT2D eigenvalue weighted by Crippen LogP contribution is -2.39. The fourth-order valence-corrected chi connectivity index (χ4v) is 1.51. The number of dihydropyridines is 1. The van der Waals surface area contributed by atoms with Gasteiger partial charge in [0.2, 0.25) is 0 Å². The van der Waals surface area contributed by atoms with Gasteiger partial charge in [-0.2, -0.15) is 0 Å². The third kappa shape index (κ3) is 1.10. The summed E-state index contributed by atoms with van der Waals surface area (Å²) in [6, 6.07) is 0.514. The Morgan fingerprint density at radius 1 is 1.58 bits per heavy atom. The van der Waals surface area contributed by atoms with E-state index in [1.807, 2.05) is 18.4 Å². The highest BCUT2D eigenvalue weighted by molar-refractivity contribution is 6.05. The Morgan fingerprint density at radius 2 is 2.42 bits per heavy atom. The monoisotopic (exact) mass is 163 g/mol. The van der Waals surface area contributed by atoms with Crippen molar-refractivity contribution in [3.63, 3.8) is 0 Å². The quantitative estimate of drug-likeness (QED) is 0.568. The van der Waals surface area contributed by atoms with E-state index in [1.165, 1.54) is 0 Å². The highest BCUT2D eigenvalue weighted by atomic mass is 15.3. The minimum Gasteiger partial charge on any atom is -0.270 e. The van der Waals surface area contributed by atoms with Crippen molar-refractivity contribution in [1.82, 2.24) is 4.90 Å². The van der Waals surface area contributed by atoms with E-state index in [1.54, 1.807) is 0 Å². The van der Waals surface area contributed by atoms with Crippen LogP contribution < -0.4 is 0 Å². The third-order valence-corrected chi connectivity index (χ3v) is 2.24. The second kappa shape index (κ2) is 2.83. The van der Waals surface area contributed by atoms with Crippen molar-refractivity contribution in [3.05, 3.63) is 12.2 Å². The van der Waals surface area contributed by atoms with Gasteiger partial charge in [0.05, 0.1) is 12.4 Å². The zero-order valence-corrected chi connectivity index (χ0v) is 7.44. The summed E-state index contributed by atoms with van der Waals surface area (Å²) >= 11 is 0. The van der Waals surface area contributed by atoms with E-state index in [9.17, 15) is 0 Å². The second-order valence-corrected chi connectivity index (χ2v) is 3.36. The van der Waals surface area contributed by atoms with Crippen LogP contribution in [0.5, 0.6) is 0 Å². The van der Waals surface area contributed by atoms with Crippen LogP contribution in [0.15, 0.2) is 22.1 Å². The van der Waals surface area contributed by atoms with E-state index in [2.05, 4.69) is 28.7 Å². The molecule has 0 aromatic heterocycles. The predicted octanol–water partition coefficient (Wildman–Crippen LogP) is 1.08. The molecule has 2 rings (SSSR count). The number of nitrogens with zero attached hydrogens (tertiary/aromatic N) is 3. The summed E-state index contributed by atoms with van der Waals surface area (Å²) in [5.41, 5.74) is 1.10. The molecule has 3 heteroatoms. The average Bonchev–Trinajstić information content (AvgIpc) is 2.47. The first-order valence-corrected chi connectivity index (χ1v) is 4.29. The van der Waals surface area contributed by atoms with Crippen molar-refractivity contribution in [3.8, 4) is 0 Å². The fourth-order valence-electron chi connectivity index (χ4n) is 1.51. The number of hydrogen-bond donors (Lipinski definition) is 0. The normalized spacial score (nSPS) is 27.9. The summed E-state index contributed by atoms with van der Waals surface area (Å²) in [6.07, 6.45) is 6.03. The largest absolute Gasteiger partial charge is 0.270 e. The first-order valence-electron chi connectivity index (χ1n) is 4.29. The number of rotatable bonds is 1. The van der Waals surface area contributed by atoms with Crippen LogP contribution in [0.25, 0.3) is 0 Å². The minimum atomic E-state index is 0.190. The summed E-state index contributed by atoms with van der Waals surface area (Å²) < 4.78 is 0. The maximum Gasteiger partial charge on any atom is 0.146 e. The van der Waals surface area contributed by atoms with E-state index in [0.29, 0.717) is 6.04 Å². The lowest BCUT2D eigenvalue weighted by molar-refractivity contribution is 0.223. The van der Waals surface area contributed by atoms with Crippen molar-refractivity contribution >= 4 is 11.9 Å². The zero-order chi connectivity index (χ0) is 8.55. The molecule has 2 heterocycles. The van der Waals surface area contributed by atoms with Crippen LogP contribution in [0.2, 0.25) is 0 Å².